The molecule has 0 aliphatic rings. The number of anilines is 2. The lowest BCUT2D eigenvalue weighted by atomic mass is 9.98. The fraction of sp³-hybridized carbons (Fsp3) is 0.216. The molecular weight excluding hydrogens is 632 g/mol. The second kappa shape index (κ2) is 16.2. The highest BCUT2D eigenvalue weighted by Crippen LogP contribution is 2.25. The van der Waals surface area contributed by atoms with Crippen LogP contribution in [0.5, 0.6) is 0 Å². The number of aromatic carboxylic acids is 2. The van der Waals surface area contributed by atoms with Crippen molar-refractivity contribution in [1.82, 2.24) is 0 Å². The lowest BCUT2D eigenvalue weighted by Crippen LogP contribution is -2.18. The molecule has 0 fully saturated rings. The summed E-state index contributed by atoms with van der Waals surface area (Å²) in [6, 6.07) is 19.3. The standard InChI is InChI=1S/C37H36N2O10/c1-5-23-16-21(7-13-31(23)38-33(40)30-19-26(37(46)48-4)10-12-29(30)35(43)44)15-22-8-14-32(24(6-2)17-22)39-49-20-27-18-25(36(45)47-3)9-11-28(27)34(41)42/h7-14,16-19,39H,5-6,15,20H2,1-4H3,(H,38,40)(H,41,42)(H,43,44). The molecular formula is C37H36N2O10. The van der Waals surface area contributed by atoms with Gasteiger partial charge in [0.2, 0.25) is 0 Å². The Bertz CT molecular complexity index is 1920. The largest absolute Gasteiger partial charge is 0.478 e. The van der Waals surface area contributed by atoms with Gasteiger partial charge in [-0.25, -0.2) is 19.2 Å². The van der Waals surface area contributed by atoms with E-state index in [0.29, 0.717) is 36.2 Å². The summed E-state index contributed by atoms with van der Waals surface area (Å²) in [5.74, 6) is -4.39. The predicted octanol–water partition coefficient (Wildman–Crippen LogP) is 6.17. The zero-order chi connectivity index (χ0) is 35.7. The summed E-state index contributed by atoms with van der Waals surface area (Å²) < 4.78 is 9.44. The molecule has 0 aliphatic carbocycles. The van der Waals surface area contributed by atoms with Gasteiger partial charge in [0, 0.05) is 5.69 Å². The molecule has 0 atom stereocenters. The van der Waals surface area contributed by atoms with Crippen LogP contribution in [0.4, 0.5) is 11.4 Å². The third-order valence-electron chi connectivity index (χ3n) is 7.84. The maximum Gasteiger partial charge on any atom is 0.337 e. The van der Waals surface area contributed by atoms with Gasteiger partial charge in [0.25, 0.3) is 5.91 Å². The van der Waals surface area contributed by atoms with Gasteiger partial charge in [0.1, 0.15) is 6.61 Å². The highest BCUT2D eigenvalue weighted by molar-refractivity contribution is 6.12. The Morgan fingerprint density at radius 2 is 1.14 bits per heavy atom. The molecule has 0 bridgehead atoms. The minimum atomic E-state index is -1.30. The molecule has 12 nitrogen and oxygen atoms in total. The third kappa shape index (κ3) is 8.67. The van der Waals surface area contributed by atoms with Crippen LogP contribution >= 0.6 is 0 Å². The molecule has 0 saturated heterocycles. The van der Waals surface area contributed by atoms with Gasteiger partial charge in [-0.05, 0) is 95.6 Å². The van der Waals surface area contributed by atoms with Crippen LogP contribution in [0, 0.1) is 0 Å². The molecule has 0 unspecified atom stereocenters. The number of carboxylic acid groups (broad SMARTS) is 2. The summed E-state index contributed by atoms with van der Waals surface area (Å²) >= 11 is 0. The number of hydrogen-bond donors (Lipinski definition) is 4. The van der Waals surface area contributed by atoms with Crippen LogP contribution in [0.3, 0.4) is 0 Å². The van der Waals surface area contributed by atoms with Crippen molar-refractivity contribution in [3.8, 4) is 0 Å². The van der Waals surface area contributed by atoms with E-state index < -0.39 is 29.8 Å². The number of hydrogen-bond acceptors (Lipinski definition) is 9. The van der Waals surface area contributed by atoms with Crippen molar-refractivity contribution in [2.45, 2.75) is 39.7 Å². The molecule has 4 N–H and O–H groups in total. The lowest BCUT2D eigenvalue weighted by molar-refractivity contribution is 0.0591. The summed E-state index contributed by atoms with van der Waals surface area (Å²) in [5.41, 5.74) is 8.11. The highest BCUT2D eigenvalue weighted by atomic mass is 16.6. The topological polar surface area (TPSA) is 178 Å². The first-order valence-electron chi connectivity index (χ1n) is 15.3. The number of methoxy groups -OCH3 is 2. The summed E-state index contributed by atoms with van der Waals surface area (Å²) in [6.07, 6.45) is 1.85. The first-order valence-corrected chi connectivity index (χ1v) is 15.3. The van der Waals surface area contributed by atoms with Gasteiger partial charge >= 0.3 is 23.9 Å². The Balaban J connectivity index is 1.47. The van der Waals surface area contributed by atoms with Gasteiger partial charge in [-0.1, -0.05) is 38.1 Å². The fourth-order valence-corrected chi connectivity index (χ4v) is 5.27. The van der Waals surface area contributed by atoms with Crippen LogP contribution in [0.25, 0.3) is 0 Å². The molecule has 0 spiro atoms. The van der Waals surface area contributed by atoms with Gasteiger partial charge in [0.15, 0.2) is 0 Å². The first kappa shape index (κ1) is 35.8. The van der Waals surface area contributed by atoms with Crippen LogP contribution in [-0.4, -0.2) is 54.2 Å². The van der Waals surface area contributed by atoms with Crippen molar-refractivity contribution in [3.05, 3.63) is 128 Å². The second-order valence-corrected chi connectivity index (χ2v) is 10.9. The number of amides is 1. The molecule has 4 rings (SSSR count). The Morgan fingerprint density at radius 3 is 1.69 bits per heavy atom. The zero-order valence-corrected chi connectivity index (χ0v) is 27.4. The van der Waals surface area contributed by atoms with Crippen LogP contribution in [0.15, 0.2) is 72.8 Å². The van der Waals surface area contributed by atoms with Gasteiger partial charge < -0.3 is 25.0 Å². The molecule has 49 heavy (non-hydrogen) atoms. The van der Waals surface area contributed by atoms with E-state index in [1.54, 1.807) is 6.07 Å². The Morgan fingerprint density at radius 1 is 0.612 bits per heavy atom. The molecule has 0 aliphatic heterocycles. The molecule has 0 heterocycles. The number of carbonyl (C=O) groups is 5. The average Bonchev–Trinajstić information content (AvgIpc) is 3.11. The predicted molar refractivity (Wildman–Crippen MR) is 180 cm³/mol. The van der Waals surface area contributed by atoms with Gasteiger partial charge in [-0.3, -0.25) is 15.1 Å². The van der Waals surface area contributed by atoms with E-state index >= 15 is 0 Å². The number of ether oxygens (including phenoxy) is 2. The zero-order valence-electron chi connectivity index (χ0n) is 27.4. The molecule has 254 valence electrons. The Labute approximate surface area is 282 Å². The van der Waals surface area contributed by atoms with Gasteiger partial charge in [-0.2, -0.15) is 0 Å². The fourth-order valence-electron chi connectivity index (χ4n) is 5.27. The normalized spacial score (nSPS) is 10.6. The van der Waals surface area contributed by atoms with E-state index in [4.69, 9.17) is 14.3 Å². The summed E-state index contributed by atoms with van der Waals surface area (Å²) in [7, 11) is 2.44. The lowest BCUT2D eigenvalue weighted by Gasteiger charge is -2.15. The molecule has 0 aromatic heterocycles. The maximum absolute atomic E-state index is 13.2. The van der Waals surface area contributed by atoms with Crippen molar-refractivity contribution >= 4 is 41.2 Å². The van der Waals surface area contributed by atoms with E-state index in [9.17, 15) is 34.2 Å². The minimum absolute atomic E-state index is 0.00956. The van der Waals surface area contributed by atoms with Crippen molar-refractivity contribution in [3.63, 3.8) is 0 Å². The summed E-state index contributed by atoms with van der Waals surface area (Å²) in [6.45, 7) is 3.82. The number of nitrogens with one attached hydrogen (secondary N) is 2. The number of aryl methyl sites for hydroxylation is 2. The number of carboxylic acids is 2. The van der Waals surface area contributed by atoms with Crippen LogP contribution in [0.1, 0.15) is 93.5 Å². The monoisotopic (exact) mass is 668 g/mol. The molecule has 4 aromatic carbocycles. The third-order valence-corrected chi connectivity index (χ3v) is 7.84. The van der Waals surface area contributed by atoms with E-state index in [1.807, 2.05) is 44.2 Å². The van der Waals surface area contributed by atoms with Gasteiger partial charge in [-0.15, -0.1) is 0 Å². The van der Waals surface area contributed by atoms with E-state index in [-0.39, 0.29) is 34.4 Å². The number of rotatable bonds is 14. The van der Waals surface area contributed by atoms with E-state index in [1.165, 1.54) is 50.6 Å². The van der Waals surface area contributed by atoms with Crippen LogP contribution in [0.2, 0.25) is 0 Å². The van der Waals surface area contributed by atoms with Crippen molar-refractivity contribution in [2.75, 3.05) is 25.0 Å². The number of benzene rings is 4. The van der Waals surface area contributed by atoms with E-state index in [2.05, 4.69) is 10.8 Å². The Kier molecular flexibility index (Phi) is 11.8. The molecule has 4 aromatic rings. The Hall–Kier alpha value is -6.01. The highest BCUT2D eigenvalue weighted by Gasteiger charge is 2.21. The average molecular weight is 669 g/mol. The molecule has 12 heteroatoms. The second-order valence-electron chi connectivity index (χ2n) is 10.9. The minimum Gasteiger partial charge on any atom is -0.478 e. The van der Waals surface area contributed by atoms with Gasteiger partial charge in [0.05, 0.1) is 47.7 Å². The van der Waals surface area contributed by atoms with E-state index in [0.717, 1.165) is 22.3 Å². The summed E-state index contributed by atoms with van der Waals surface area (Å²) in [4.78, 5) is 66.3. The van der Waals surface area contributed by atoms with Crippen molar-refractivity contribution in [2.24, 2.45) is 0 Å². The summed E-state index contributed by atoms with van der Waals surface area (Å²) in [5, 5.41) is 22.0. The SMILES string of the molecule is CCc1cc(Cc2ccc(NC(=O)c3cc(C(=O)OC)ccc3C(=O)O)c(CC)c2)ccc1NOCc1cc(C(=O)OC)ccc1C(=O)O. The quantitative estimate of drug-likeness (QED) is 0.0893. The first-order chi connectivity index (χ1) is 23.5. The molecule has 0 radical (unpaired) electrons. The number of esters is 2. The van der Waals surface area contributed by atoms with Crippen LogP contribution < -0.4 is 10.8 Å². The van der Waals surface area contributed by atoms with Crippen LogP contribution in [-0.2, 0) is 40.2 Å². The molecule has 0 saturated carbocycles. The number of carbonyl (C=O) groups excluding carboxylic acids is 3. The van der Waals surface area contributed by atoms with Crippen molar-refractivity contribution in [1.29, 1.82) is 0 Å². The maximum atomic E-state index is 13.2. The molecule has 1 amide bonds. The smallest absolute Gasteiger partial charge is 0.337 e. The van der Waals surface area contributed by atoms with Crippen molar-refractivity contribution < 1.29 is 48.5 Å².